The van der Waals surface area contributed by atoms with Crippen molar-refractivity contribution in [3.63, 3.8) is 0 Å². The van der Waals surface area contributed by atoms with Crippen LogP contribution in [-0.2, 0) is 30.3 Å². The van der Waals surface area contributed by atoms with E-state index in [-0.39, 0.29) is 12.5 Å². The summed E-state index contributed by atoms with van der Waals surface area (Å²) in [5.41, 5.74) is -5.62. The molecule has 0 aromatic heterocycles. The fourth-order valence-electron chi connectivity index (χ4n) is 4.21. The van der Waals surface area contributed by atoms with Crippen LogP contribution in [0.25, 0.3) is 0 Å². The first kappa shape index (κ1) is 31.4. The molecular formula is C21H23F3N3O11PS. The Bertz CT molecular complexity index is 1410. The lowest BCUT2D eigenvalue weighted by molar-refractivity contribution is -0.931. The molecule has 2 heterocycles. The first-order valence-electron chi connectivity index (χ1n) is 11.4. The normalized spacial score (nSPS) is 26.5. The minimum atomic E-state index is -6.09. The first-order valence-corrected chi connectivity index (χ1v) is 14.2. The average Bonchev–Trinajstić information content (AvgIpc) is 2.83. The van der Waals surface area contributed by atoms with Gasteiger partial charge in [-0.1, -0.05) is 30.3 Å². The molecule has 14 nitrogen and oxygen atoms in total. The van der Waals surface area contributed by atoms with E-state index in [1.54, 1.807) is 0 Å². The van der Waals surface area contributed by atoms with Crippen LogP contribution in [-0.4, -0.2) is 65.7 Å². The lowest BCUT2D eigenvalue weighted by Gasteiger charge is -2.46. The van der Waals surface area contributed by atoms with Crippen molar-refractivity contribution >= 4 is 29.3 Å². The van der Waals surface area contributed by atoms with Gasteiger partial charge in [0.15, 0.2) is 10.1 Å². The zero-order valence-electron chi connectivity index (χ0n) is 20.6. The van der Waals surface area contributed by atoms with E-state index < -0.39 is 56.5 Å². The van der Waals surface area contributed by atoms with Gasteiger partial charge in [-0.2, -0.15) is 13.2 Å². The summed E-state index contributed by atoms with van der Waals surface area (Å²) in [5.74, 6) is -0.366. The Morgan fingerprint density at radius 2 is 1.75 bits per heavy atom. The number of alkyl halides is 3. The van der Waals surface area contributed by atoms with Crippen LogP contribution in [0.2, 0.25) is 0 Å². The molecule has 0 bridgehead atoms. The second-order valence-electron chi connectivity index (χ2n) is 9.26. The minimum Gasteiger partial charge on any atom is -0.741 e. The van der Waals surface area contributed by atoms with Gasteiger partial charge in [0.1, 0.15) is 19.2 Å². The Balaban J connectivity index is 0.000000482. The molecule has 19 heteroatoms. The molecule has 2 aromatic rings. The molecule has 2 saturated heterocycles. The molecule has 0 N–H and O–H groups in total. The lowest BCUT2D eigenvalue weighted by Crippen LogP contribution is -2.57. The van der Waals surface area contributed by atoms with Crippen molar-refractivity contribution in [1.29, 1.82) is 0 Å². The number of nitro benzene ring substituents is 2. The number of quaternary nitrogens is 1. The number of rotatable bonds is 6. The average molecular weight is 613 g/mol. The first-order chi connectivity index (χ1) is 18.4. The zero-order chi connectivity index (χ0) is 29.9. The molecule has 2 aliphatic heterocycles. The van der Waals surface area contributed by atoms with E-state index in [0.717, 1.165) is 37.7 Å². The third-order valence-electron chi connectivity index (χ3n) is 6.15. The number of fused-ring (bicyclic) bond motifs is 1. The number of benzene rings is 2. The van der Waals surface area contributed by atoms with Gasteiger partial charge in [0, 0.05) is 24.0 Å². The summed E-state index contributed by atoms with van der Waals surface area (Å²) in [6, 6.07) is 12.9. The van der Waals surface area contributed by atoms with E-state index in [9.17, 15) is 38.0 Å². The van der Waals surface area contributed by atoms with Crippen LogP contribution in [0.1, 0.15) is 12.0 Å². The third kappa shape index (κ3) is 7.96. The molecule has 0 spiro atoms. The number of likely N-dealkylation sites (N-methyl/N-ethyl adjacent to an activating group) is 1. The number of non-ortho nitro benzene ring substituents is 1. The summed E-state index contributed by atoms with van der Waals surface area (Å²) in [6.45, 7) is 2.42. The summed E-state index contributed by atoms with van der Waals surface area (Å²) in [6.07, 6.45) is 0.403. The molecule has 0 amide bonds. The van der Waals surface area contributed by atoms with Crippen molar-refractivity contribution in [3.8, 4) is 5.75 Å². The van der Waals surface area contributed by atoms with Gasteiger partial charge in [0.2, 0.25) is 5.75 Å². The topological polar surface area (TPSA) is 188 Å². The number of hydrogen-bond donors (Lipinski definition) is 0. The zero-order valence-corrected chi connectivity index (χ0v) is 22.3. The highest BCUT2D eigenvalue weighted by Gasteiger charge is 2.49. The Morgan fingerprint density at radius 3 is 2.30 bits per heavy atom. The van der Waals surface area contributed by atoms with Crippen molar-refractivity contribution in [3.05, 3.63) is 74.3 Å². The monoisotopic (exact) mass is 613 g/mol. The molecule has 40 heavy (non-hydrogen) atoms. The Kier molecular flexibility index (Phi) is 9.22. The fraction of sp³-hybridized carbons (Fsp3) is 0.429. The summed E-state index contributed by atoms with van der Waals surface area (Å²) in [5, 5.41) is 22.3. The number of phosphoric ester groups is 1. The van der Waals surface area contributed by atoms with E-state index in [1.165, 1.54) is 5.56 Å². The summed E-state index contributed by atoms with van der Waals surface area (Å²) >= 11 is 0. The summed E-state index contributed by atoms with van der Waals surface area (Å²) < 4.78 is 89.3. The van der Waals surface area contributed by atoms with Gasteiger partial charge in [0.25, 0.3) is 5.69 Å². The molecule has 2 unspecified atom stereocenters. The Hall–Kier alpha value is -3.15. The molecule has 0 saturated carbocycles. The number of halogens is 3. The van der Waals surface area contributed by atoms with E-state index in [4.69, 9.17) is 26.5 Å². The van der Waals surface area contributed by atoms with Gasteiger partial charge in [0.05, 0.1) is 36.1 Å². The number of nitrogens with zero attached hydrogens (tertiary/aromatic N) is 3. The van der Waals surface area contributed by atoms with Crippen molar-refractivity contribution in [2.75, 3.05) is 26.7 Å². The number of likely N-dealkylation sites (tertiary alicyclic amines) is 1. The van der Waals surface area contributed by atoms with Crippen LogP contribution in [0.4, 0.5) is 24.5 Å². The van der Waals surface area contributed by atoms with Crippen molar-refractivity contribution in [2.24, 2.45) is 5.92 Å². The van der Waals surface area contributed by atoms with Crippen LogP contribution in [0.3, 0.4) is 0 Å². The van der Waals surface area contributed by atoms with E-state index in [2.05, 4.69) is 19.2 Å². The van der Waals surface area contributed by atoms with Gasteiger partial charge in [-0.25, -0.2) is 13.0 Å². The van der Waals surface area contributed by atoms with Gasteiger partial charge in [-0.05, 0) is 6.07 Å². The summed E-state index contributed by atoms with van der Waals surface area (Å²) in [4.78, 5) is 20.7. The maximum atomic E-state index is 13.2. The maximum absolute atomic E-state index is 13.2. The van der Waals surface area contributed by atoms with Crippen LogP contribution < -0.4 is 4.52 Å². The number of piperidine rings is 1. The molecular weight excluding hydrogens is 590 g/mol. The van der Waals surface area contributed by atoms with Gasteiger partial charge in [-0.3, -0.25) is 29.3 Å². The van der Waals surface area contributed by atoms with Crippen molar-refractivity contribution in [1.82, 2.24) is 0 Å². The van der Waals surface area contributed by atoms with Crippen molar-refractivity contribution < 1.29 is 58.6 Å². The number of nitro groups is 2. The third-order valence-corrected chi connectivity index (χ3v) is 8.13. The predicted octanol–water partition coefficient (Wildman–Crippen LogP) is 4.12. The minimum absolute atomic E-state index is 0.0366. The largest absolute Gasteiger partial charge is 0.741 e. The molecule has 2 aliphatic rings. The second kappa shape index (κ2) is 11.8. The Labute approximate surface area is 225 Å². The Morgan fingerprint density at radius 1 is 1.12 bits per heavy atom. The quantitative estimate of drug-likeness (QED) is 0.114. The van der Waals surface area contributed by atoms with Crippen molar-refractivity contribution in [2.45, 2.75) is 24.6 Å². The highest BCUT2D eigenvalue weighted by molar-refractivity contribution is 7.86. The standard InChI is InChI=1S/C20H23N3O8P.CHF3O3S/c1-23(12-15-5-3-2-4-6-15)10-9-16-14-29-32(28,31-20(16)13-23)30-19-8-7-17(21(24)25)11-18(19)22(26)27;2-1(3,4)8(5,6)7/h2-8,11,16,20H,9-10,12-14H2,1H3;(H,5,6,7)/q+1;/p-1/t16-,20+,23?,32?;/m1./s1. The van der Waals surface area contributed by atoms with E-state index >= 15 is 0 Å². The number of hydrogen-bond acceptors (Lipinski definition) is 11. The lowest BCUT2D eigenvalue weighted by atomic mass is 9.92. The number of phosphoric acid groups is 1. The van der Waals surface area contributed by atoms with Gasteiger partial charge in [-0.15, -0.1) is 0 Å². The van der Waals surface area contributed by atoms with Gasteiger partial charge < -0.3 is 13.6 Å². The van der Waals surface area contributed by atoms with Crippen LogP contribution in [0, 0.1) is 26.1 Å². The van der Waals surface area contributed by atoms with E-state index in [0.29, 0.717) is 11.0 Å². The molecule has 0 aliphatic carbocycles. The molecule has 2 fully saturated rings. The molecule has 4 rings (SSSR count). The maximum Gasteiger partial charge on any atom is 0.530 e. The van der Waals surface area contributed by atoms with Crippen LogP contribution >= 0.6 is 7.82 Å². The molecule has 2 aromatic carbocycles. The van der Waals surface area contributed by atoms with Crippen LogP contribution in [0.5, 0.6) is 5.75 Å². The second-order valence-corrected chi connectivity index (χ2v) is 12.2. The smallest absolute Gasteiger partial charge is 0.530 e. The van der Waals surface area contributed by atoms with Gasteiger partial charge >= 0.3 is 19.0 Å². The fourth-order valence-corrected chi connectivity index (χ4v) is 5.70. The predicted molar refractivity (Wildman–Crippen MR) is 129 cm³/mol. The van der Waals surface area contributed by atoms with E-state index in [1.807, 2.05) is 18.2 Å². The highest BCUT2D eigenvalue weighted by Crippen LogP contribution is 2.57. The molecule has 220 valence electrons. The highest BCUT2D eigenvalue weighted by atomic mass is 32.2. The molecule has 0 radical (unpaired) electrons. The van der Waals surface area contributed by atoms with Crippen LogP contribution in [0.15, 0.2) is 48.5 Å². The SMILES string of the molecule is C[N+]1(Cc2ccccc2)CC[C@@H]2COP(=O)(Oc3ccc([N+](=O)[O-])cc3[N+](=O)[O-])O[C@H]2C1.O=S(=O)([O-])C(F)(F)F. The summed E-state index contributed by atoms with van der Waals surface area (Å²) in [7, 11) is -8.14. The molecule has 4 atom stereocenters.